The quantitative estimate of drug-likeness (QED) is 0.0846. The Labute approximate surface area is 255 Å². The molecule has 0 aromatic heterocycles. The van der Waals surface area contributed by atoms with Crippen LogP contribution in [0, 0.1) is 0 Å². The van der Waals surface area contributed by atoms with Crippen LogP contribution in [-0.4, -0.2) is 23.4 Å². The van der Waals surface area contributed by atoms with Gasteiger partial charge < -0.3 is 19.9 Å². The van der Waals surface area contributed by atoms with Crippen molar-refractivity contribution in [2.24, 2.45) is 5.73 Å². The number of benzene rings is 3. The fourth-order valence-corrected chi connectivity index (χ4v) is 4.88. The van der Waals surface area contributed by atoms with Gasteiger partial charge in [-0.05, 0) is 55.2 Å². The van der Waals surface area contributed by atoms with Crippen molar-refractivity contribution < 1.29 is 28.6 Å². The summed E-state index contributed by atoms with van der Waals surface area (Å²) in [5, 5.41) is 0. The smallest absolute Gasteiger partial charge is 0.306 e. The van der Waals surface area contributed by atoms with Crippen LogP contribution in [0.1, 0.15) is 87.3 Å². The molecule has 7 nitrogen and oxygen atoms in total. The van der Waals surface area contributed by atoms with Gasteiger partial charge in [-0.3, -0.25) is 14.4 Å². The Hall–Kier alpha value is -3.97. The molecule has 0 spiro atoms. The van der Waals surface area contributed by atoms with Crippen LogP contribution in [0.3, 0.4) is 0 Å². The molecule has 43 heavy (non-hydrogen) atoms. The van der Waals surface area contributed by atoms with Crippen LogP contribution >= 0.6 is 0 Å². The summed E-state index contributed by atoms with van der Waals surface area (Å²) in [6.45, 7) is 0.803. The van der Waals surface area contributed by atoms with Gasteiger partial charge in [0.1, 0.15) is 19.8 Å². The highest BCUT2D eigenvalue weighted by Gasteiger charge is 2.25. The number of ether oxygens (including phenoxy) is 3. The normalized spacial score (nSPS) is 11.1. The van der Waals surface area contributed by atoms with Crippen molar-refractivity contribution in [3.63, 3.8) is 0 Å². The van der Waals surface area contributed by atoms with Crippen molar-refractivity contribution in [2.75, 3.05) is 0 Å². The second-order valence-corrected chi connectivity index (χ2v) is 11.1. The van der Waals surface area contributed by atoms with Crippen LogP contribution in [0.15, 0.2) is 91.0 Å². The minimum atomic E-state index is -0.498. The molecule has 0 bridgehead atoms. The number of carbonyl (C=O) groups is 3. The van der Waals surface area contributed by atoms with E-state index in [9.17, 15) is 14.4 Å². The molecule has 0 atom stereocenters. The lowest BCUT2D eigenvalue weighted by Crippen LogP contribution is -2.40. The maximum Gasteiger partial charge on any atom is 0.306 e. The van der Waals surface area contributed by atoms with Crippen LogP contribution in [0.2, 0.25) is 0 Å². The molecule has 0 amide bonds. The molecule has 230 valence electrons. The monoisotopic (exact) mass is 587 g/mol. The first-order chi connectivity index (χ1) is 20.9. The SMILES string of the molecule is NC(CCCCC(=O)OCc1ccccc1)(CCCCC(=O)OCc1ccccc1)CCCC(=O)OCc1ccccc1. The van der Waals surface area contributed by atoms with E-state index in [0.717, 1.165) is 42.4 Å². The van der Waals surface area contributed by atoms with Gasteiger partial charge in [-0.2, -0.15) is 0 Å². The summed E-state index contributed by atoms with van der Waals surface area (Å²) >= 11 is 0. The maximum absolute atomic E-state index is 12.3. The van der Waals surface area contributed by atoms with Crippen LogP contribution < -0.4 is 5.73 Å². The third-order valence-electron chi connectivity index (χ3n) is 7.39. The summed E-state index contributed by atoms with van der Waals surface area (Å²) in [7, 11) is 0. The lowest BCUT2D eigenvalue weighted by Gasteiger charge is -2.30. The first-order valence-electron chi connectivity index (χ1n) is 15.3. The maximum atomic E-state index is 12.3. The first-order valence-corrected chi connectivity index (χ1v) is 15.3. The van der Waals surface area contributed by atoms with Gasteiger partial charge in [-0.1, -0.05) is 104 Å². The molecule has 0 saturated carbocycles. The Morgan fingerprint density at radius 1 is 0.465 bits per heavy atom. The standard InChI is InChI=1S/C36H45NO6/c37-36(26-14-23-35(40)43-29-32-19-8-3-9-20-32,24-12-10-21-33(38)41-27-30-15-4-1-5-16-30)25-13-11-22-34(39)42-28-31-17-6-2-7-18-31/h1-9,15-20H,10-14,21-29,37H2. The predicted octanol–water partition coefficient (Wildman–Crippen LogP) is 7.21. The van der Waals surface area contributed by atoms with E-state index >= 15 is 0 Å². The van der Waals surface area contributed by atoms with Crippen LogP contribution in [-0.2, 0) is 48.4 Å². The highest BCUT2D eigenvalue weighted by atomic mass is 16.5. The predicted molar refractivity (Wildman–Crippen MR) is 166 cm³/mol. The second kappa shape index (κ2) is 19.3. The molecule has 0 aliphatic heterocycles. The van der Waals surface area contributed by atoms with Gasteiger partial charge in [-0.15, -0.1) is 0 Å². The van der Waals surface area contributed by atoms with Gasteiger partial charge >= 0.3 is 17.9 Å². The minimum absolute atomic E-state index is 0.221. The van der Waals surface area contributed by atoms with Gasteiger partial charge in [-0.25, -0.2) is 0 Å². The van der Waals surface area contributed by atoms with Crippen LogP contribution in [0.25, 0.3) is 0 Å². The number of unbranched alkanes of at least 4 members (excludes halogenated alkanes) is 2. The van der Waals surface area contributed by atoms with Crippen molar-refractivity contribution in [3.8, 4) is 0 Å². The van der Waals surface area contributed by atoms with E-state index in [-0.39, 0.29) is 37.7 Å². The molecule has 0 aliphatic carbocycles. The molecule has 3 aromatic rings. The Morgan fingerprint density at radius 2 is 0.767 bits per heavy atom. The number of hydrogen-bond acceptors (Lipinski definition) is 7. The number of rotatable bonds is 20. The molecular weight excluding hydrogens is 542 g/mol. The van der Waals surface area contributed by atoms with Crippen molar-refractivity contribution in [1.29, 1.82) is 0 Å². The average Bonchev–Trinajstić information content (AvgIpc) is 3.04. The van der Waals surface area contributed by atoms with E-state index in [1.54, 1.807) is 0 Å². The molecule has 0 saturated heterocycles. The van der Waals surface area contributed by atoms with E-state index in [4.69, 9.17) is 19.9 Å². The van der Waals surface area contributed by atoms with Crippen molar-refractivity contribution in [3.05, 3.63) is 108 Å². The van der Waals surface area contributed by atoms with E-state index in [0.29, 0.717) is 44.9 Å². The summed E-state index contributed by atoms with van der Waals surface area (Å²) in [6, 6.07) is 28.8. The third kappa shape index (κ3) is 14.7. The summed E-state index contributed by atoms with van der Waals surface area (Å²) in [5.41, 5.74) is 9.24. The molecule has 3 aromatic carbocycles. The molecular formula is C36H45NO6. The molecule has 0 aliphatic rings. The topological polar surface area (TPSA) is 105 Å². The zero-order valence-corrected chi connectivity index (χ0v) is 25.1. The largest absolute Gasteiger partial charge is 0.461 e. The molecule has 7 heteroatoms. The number of carbonyl (C=O) groups excluding carboxylic acids is 3. The van der Waals surface area contributed by atoms with Gasteiger partial charge in [0.25, 0.3) is 0 Å². The van der Waals surface area contributed by atoms with Gasteiger partial charge in [0.2, 0.25) is 0 Å². The van der Waals surface area contributed by atoms with Gasteiger partial charge in [0.05, 0.1) is 0 Å². The Bertz CT molecular complexity index is 1150. The summed E-state index contributed by atoms with van der Waals surface area (Å²) in [6.07, 6.45) is 6.57. The van der Waals surface area contributed by atoms with Crippen LogP contribution in [0.4, 0.5) is 0 Å². The van der Waals surface area contributed by atoms with Gasteiger partial charge in [0.15, 0.2) is 0 Å². The van der Waals surface area contributed by atoms with E-state index in [1.807, 2.05) is 91.0 Å². The summed E-state index contributed by atoms with van der Waals surface area (Å²) < 4.78 is 16.2. The summed E-state index contributed by atoms with van der Waals surface area (Å²) in [5.74, 6) is -0.683. The molecule has 0 radical (unpaired) electrons. The first kappa shape index (κ1) is 33.5. The van der Waals surface area contributed by atoms with Gasteiger partial charge in [0, 0.05) is 24.8 Å². The number of nitrogens with two attached hydrogens (primary N) is 1. The van der Waals surface area contributed by atoms with Crippen molar-refractivity contribution in [2.45, 2.75) is 96.0 Å². The average molecular weight is 588 g/mol. The molecule has 2 N–H and O–H groups in total. The van der Waals surface area contributed by atoms with E-state index in [1.165, 1.54) is 0 Å². The van der Waals surface area contributed by atoms with E-state index in [2.05, 4.69) is 0 Å². The molecule has 0 heterocycles. The van der Waals surface area contributed by atoms with E-state index < -0.39 is 5.54 Å². The highest BCUT2D eigenvalue weighted by molar-refractivity contribution is 5.70. The third-order valence-corrected chi connectivity index (χ3v) is 7.39. The zero-order valence-electron chi connectivity index (χ0n) is 25.1. The lowest BCUT2D eigenvalue weighted by molar-refractivity contribution is -0.146. The molecule has 3 rings (SSSR count). The Balaban J connectivity index is 1.39. The highest BCUT2D eigenvalue weighted by Crippen LogP contribution is 2.26. The van der Waals surface area contributed by atoms with Crippen LogP contribution in [0.5, 0.6) is 0 Å². The minimum Gasteiger partial charge on any atom is -0.461 e. The number of esters is 3. The Kier molecular flexibility index (Phi) is 15.0. The second-order valence-electron chi connectivity index (χ2n) is 11.1. The zero-order chi connectivity index (χ0) is 30.6. The van der Waals surface area contributed by atoms with Crippen molar-refractivity contribution in [1.82, 2.24) is 0 Å². The fraction of sp³-hybridized carbons (Fsp3) is 0.417. The fourth-order valence-electron chi connectivity index (χ4n) is 4.88. The molecule has 0 fully saturated rings. The number of hydrogen-bond donors (Lipinski definition) is 1. The lowest BCUT2D eigenvalue weighted by atomic mass is 9.83. The van der Waals surface area contributed by atoms with Crippen molar-refractivity contribution >= 4 is 17.9 Å². The summed E-state index contributed by atoms with van der Waals surface area (Å²) in [4.78, 5) is 36.8. The molecule has 0 unspecified atom stereocenters. The Morgan fingerprint density at radius 3 is 1.12 bits per heavy atom.